The summed E-state index contributed by atoms with van der Waals surface area (Å²) in [7, 11) is 0. The molecule has 0 atom stereocenters. The molecule has 0 aliphatic carbocycles. The molecule has 0 unspecified atom stereocenters. The SMILES string of the molecule is O=C(O)c1c(F)c(F)c(F)c([N+](=O)[O-])c1F. The second kappa shape index (κ2) is 3.76. The molecule has 16 heavy (non-hydrogen) atoms. The van der Waals surface area contributed by atoms with Crippen LogP contribution in [0.5, 0.6) is 0 Å². The van der Waals surface area contributed by atoms with Gasteiger partial charge in [0.15, 0.2) is 5.82 Å². The van der Waals surface area contributed by atoms with Gasteiger partial charge in [-0.3, -0.25) is 10.1 Å². The number of carboxylic acid groups (broad SMARTS) is 1. The van der Waals surface area contributed by atoms with E-state index in [0.717, 1.165) is 0 Å². The standard InChI is InChI=1S/C7HF4NO4/c8-2-1(7(13)14)3(9)6(12(15)16)5(11)4(2)10/h(H,13,14). The lowest BCUT2D eigenvalue weighted by Gasteiger charge is -2.03. The highest BCUT2D eigenvalue weighted by Gasteiger charge is 2.35. The monoisotopic (exact) mass is 239 g/mol. The zero-order chi connectivity index (χ0) is 12.6. The van der Waals surface area contributed by atoms with Crippen molar-refractivity contribution < 1.29 is 32.4 Å². The average Bonchev–Trinajstić information content (AvgIpc) is 2.13. The van der Waals surface area contributed by atoms with Crippen LogP contribution in [0.4, 0.5) is 23.2 Å². The fourth-order valence-corrected chi connectivity index (χ4v) is 0.969. The molecule has 86 valence electrons. The van der Waals surface area contributed by atoms with E-state index in [1.165, 1.54) is 0 Å². The minimum absolute atomic E-state index is 1.68. The number of carbonyl (C=O) groups is 1. The number of nitro benzene ring substituents is 1. The highest BCUT2D eigenvalue weighted by atomic mass is 19.2. The first-order chi connectivity index (χ1) is 7.29. The summed E-state index contributed by atoms with van der Waals surface area (Å²) in [4.78, 5) is 18.7. The van der Waals surface area contributed by atoms with Crippen LogP contribution >= 0.6 is 0 Å². The first kappa shape index (κ1) is 11.9. The summed E-state index contributed by atoms with van der Waals surface area (Å²) in [6, 6.07) is 0. The van der Waals surface area contributed by atoms with E-state index >= 15 is 0 Å². The maximum atomic E-state index is 13.0. The maximum Gasteiger partial charge on any atom is 0.344 e. The molecule has 0 fully saturated rings. The third-order valence-electron chi connectivity index (χ3n) is 1.64. The summed E-state index contributed by atoms with van der Waals surface area (Å²) in [6.07, 6.45) is 0. The molecule has 5 nitrogen and oxygen atoms in total. The van der Waals surface area contributed by atoms with Gasteiger partial charge in [0.2, 0.25) is 17.5 Å². The zero-order valence-corrected chi connectivity index (χ0v) is 7.13. The molecule has 0 aromatic heterocycles. The summed E-state index contributed by atoms with van der Waals surface area (Å²) >= 11 is 0. The molecule has 0 saturated carbocycles. The van der Waals surface area contributed by atoms with Gasteiger partial charge < -0.3 is 5.11 Å². The number of carboxylic acids is 1. The predicted octanol–water partition coefficient (Wildman–Crippen LogP) is 1.85. The fourth-order valence-electron chi connectivity index (χ4n) is 0.969. The Hall–Kier alpha value is -2.19. The Kier molecular flexibility index (Phi) is 2.79. The van der Waals surface area contributed by atoms with Crippen molar-refractivity contribution in [2.45, 2.75) is 0 Å². The molecule has 9 heteroatoms. The quantitative estimate of drug-likeness (QED) is 0.281. The lowest BCUT2D eigenvalue weighted by atomic mass is 10.1. The number of hydrogen-bond donors (Lipinski definition) is 1. The Bertz CT molecular complexity index is 461. The molecule has 1 N–H and O–H groups in total. The zero-order valence-electron chi connectivity index (χ0n) is 7.13. The van der Waals surface area contributed by atoms with E-state index in [-0.39, 0.29) is 0 Å². The van der Waals surface area contributed by atoms with Gasteiger partial charge in [-0.1, -0.05) is 0 Å². The van der Waals surface area contributed by atoms with Crippen LogP contribution in [0, 0.1) is 33.4 Å². The van der Waals surface area contributed by atoms with E-state index in [0.29, 0.717) is 0 Å². The number of nitrogens with zero attached hydrogens (tertiary/aromatic N) is 1. The maximum absolute atomic E-state index is 13.0. The average molecular weight is 239 g/mol. The van der Waals surface area contributed by atoms with Gasteiger partial charge >= 0.3 is 11.7 Å². The molecular weight excluding hydrogens is 238 g/mol. The van der Waals surface area contributed by atoms with Gasteiger partial charge in [-0.25, -0.2) is 13.6 Å². The second-order valence-corrected chi connectivity index (χ2v) is 2.54. The number of benzene rings is 1. The summed E-state index contributed by atoms with van der Waals surface area (Å²) in [5.41, 5.74) is -3.96. The Morgan fingerprint density at radius 2 is 1.56 bits per heavy atom. The van der Waals surface area contributed by atoms with Crippen molar-refractivity contribution in [1.82, 2.24) is 0 Å². The van der Waals surface area contributed by atoms with Crippen LogP contribution in [0.15, 0.2) is 0 Å². The van der Waals surface area contributed by atoms with Gasteiger partial charge in [-0.15, -0.1) is 0 Å². The van der Waals surface area contributed by atoms with Gasteiger partial charge in [-0.2, -0.15) is 8.78 Å². The lowest BCUT2D eigenvalue weighted by molar-refractivity contribution is -0.390. The van der Waals surface area contributed by atoms with Gasteiger partial charge in [0, 0.05) is 0 Å². The molecule has 1 aromatic rings. The van der Waals surface area contributed by atoms with Gasteiger partial charge in [0.05, 0.1) is 4.92 Å². The van der Waals surface area contributed by atoms with E-state index < -0.39 is 45.4 Å². The van der Waals surface area contributed by atoms with Crippen LogP contribution < -0.4 is 0 Å². The molecule has 0 radical (unpaired) electrons. The van der Waals surface area contributed by atoms with Crippen molar-refractivity contribution in [2.75, 3.05) is 0 Å². The van der Waals surface area contributed by atoms with Crippen molar-refractivity contribution >= 4 is 11.7 Å². The number of nitro groups is 1. The second-order valence-electron chi connectivity index (χ2n) is 2.54. The molecule has 1 rings (SSSR count). The Labute approximate surface area is 84.1 Å². The van der Waals surface area contributed by atoms with Crippen molar-refractivity contribution in [2.24, 2.45) is 0 Å². The first-order valence-electron chi connectivity index (χ1n) is 3.52. The molecule has 0 amide bonds. The Morgan fingerprint density at radius 1 is 1.06 bits per heavy atom. The molecule has 0 heterocycles. The first-order valence-corrected chi connectivity index (χ1v) is 3.52. The van der Waals surface area contributed by atoms with E-state index in [1.807, 2.05) is 0 Å². The van der Waals surface area contributed by atoms with Crippen molar-refractivity contribution in [3.05, 3.63) is 38.9 Å². The molecule has 0 spiro atoms. The van der Waals surface area contributed by atoms with Crippen molar-refractivity contribution in [1.29, 1.82) is 0 Å². The third kappa shape index (κ3) is 1.55. The van der Waals surface area contributed by atoms with Crippen LogP contribution in [0.1, 0.15) is 10.4 Å². The van der Waals surface area contributed by atoms with E-state index in [2.05, 4.69) is 0 Å². The minimum Gasteiger partial charge on any atom is -0.477 e. The number of halogens is 4. The summed E-state index contributed by atoms with van der Waals surface area (Å²) in [5, 5.41) is 18.4. The summed E-state index contributed by atoms with van der Waals surface area (Å²) in [6.45, 7) is 0. The predicted molar refractivity (Wildman–Crippen MR) is 39.9 cm³/mol. The van der Waals surface area contributed by atoms with Crippen LogP contribution in [0.25, 0.3) is 0 Å². The smallest absolute Gasteiger partial charge is 0.344 e. The van der Waals surface area contributed by atoms with Crippen LogP contribution in [-0.4, -0.2) is 16.0 Å². The van der Waals surface area contributed by atoms with Gasteiger partial charge in [-0.05, 0) is 0 Å². The van der Waals surface area contributed by atoms with Gasteiger partial charge in [0.25, 0.3) is 0 Å². The minimum atomic E-state index is -2.41. The number of aromatic carboxylic acids is 1. The largest absolute Gasteiger partial charge is 0.477 e. The molecule has 0 aliphatic rings. The van der Waals surface area contributed by atoms with E-state index in [1.54, 1.807) is 0 Å². The highest BCUT2D eigenvalue weighted by Crippen LogP contribution is 2.29. The topological polar surface area (TPSA) is 80.4 Å². The third-order valence-corrected chi connectivity index (χ3v) is 1.64. The highest BCUT2D eigenvalue weighted by molar-refractivity contribution is 5.89. The van der Waals surface area contributed by atoms with Gasteiger partial charge in [0.1, 0.15) is 5.56 Å². The molecule has 0 saturated heterocycles. The number of hydrogen-bond acceptors (Lipinski definition) is 3. The lowest BCUT2D eigenvalue weighted by Crippen LogP contribution is -2.12. The molecule has 0 aliphatic heterocycles. The van der Waals surface area contributed by atoms with Crippen molar-refractivity contribution in [3.63, 3.8) is 0 Å². The Morgan fingerprint density at radius 3 is 1.94 bits per heavy atom. The van der Waals surface area contributed by atoms with Crippen LogP contribution in [0.2, 0.25) is 0 Å². The van der Waals surface area contributed by atoms with E-state index in [9.17, 15) is 32.5 Å². The van der Waals surface area contributed by atoms with E-state index in [4.69, 9.17) is 5.11 Å². The normalized spacial score (nSPS) is 10.2. The molecule has 0 bridgehead atoms. The molecule has 1 aromatic carbocycles. The molecular formula is C7HF4NO4. The van der Waals surface area contributed by atoms with Crippen molar-refractivity contribution in [3.8, 4) is 0 Å². The van der Waals surface area contributed by atoms with Crippen LogP contribution in [0.3, 0.4) is 0 Å². The fraction of sp³-hybridized carbons (Fsp3) is 0. The summed E-state index contributed by atoms with van der Waals surface area (Å²) in [5.74, 6) is -11.7. The Balaban J connectivity index is 3.80. The van der Waals surface area contributed by atoms with Crippen LogP contribution in [-0.2, 0) is 0 Å². The summed E-state index contributed by atoms with van der Waals surface area (Å²) < 4.78 is 51.2. The number of rotatable bonds is 2.